The molecule has 2 aromatic rings. The molecular formula is C15H20ClN3O. The van der Waals surface area contributed by atoms with Crippen LogP contribution in [0.4, 0.5) is 0 Å². The molecule has 1 aromatic carbocycles. The molecule has 0 saturated heterocycles. The van der Waals surface area contributed by atoms with Gasteiger partial charge in [0.2, 0.25) is 11.8 Å². The molecular weight excluding hydrogens is 274 g/mol. The highest BCUT2D eigenvalue weighted by molar-refractivity contribution is 6.31. The van der Waals surface area contributed by atoms with Gasteiger partial charge in [-0.15, -0.1) is 10.2 Å². The van der Waals surface area contributed by atoms with Crippen LogP contribution in [-0.2, 0) is 6.42 Å². The van der Waals surface area contributed by atoms with E-state index >= 15 is 0 Å². The number of rotatable bonds is 6. The lowest BCUT2D eigenvalue weighted by molar-refractivity contribution is 0.484. The Bertz CT molecular complexity index is 566. The molecule has 1 heterocycles. The number of aromatic nitrogens is 2. The zero-order valence-electron chi connectivity index (χ0n) is 12.1. The molecule has 0 aliphatic rings. The van der Waals surface area contributed by atoms with E-state index in [9.17, 15) is 0 Å². The third-order valence-corrected chi connectivity index (χ3v) is 3.49. The molecule has 4 nitrogen and oxygen atoms in total. The van der Waals surface area contributed by atoms with Gasteiger partial charge in [-0.2, -0.15) is 0 Å². The van der Waals surface area contributed by atoms with E-state index in [1.54, 1.807) is 0 Å². The summed E-state index contributed by atoms with van der Waals surface area (Å²) < 4.78 is 5.70. The summed E-state index contributed by atoms with van der Waals surface area (Å²) in [6, 6.07) is 6.19. The average molecular weight is 294 g/mol. The topological polar surface area (TPSA) is 51.0 Å². The Morgan fingerprint density at radius 3 is 2.85 bits per heavy atom. The quantitative estimate of drug-likeness (QED) is 0.826. The minimum Gasteiger partial charge on any atom is -0.421 e. The number of hydrogen-bond donors (Lipinski definition) is 1. The molecule has 0 aliphatic heterocycles. The Hall–Kier alpha value is -1.39. The Labute approximate surface area is 124 Å². The third-order valence-electron chi connectivity index (χ3n) is 3.08. The van der Waals surface area contributed by atoms with Crippen LogP contribution >= 0.6 is 11.6 Å². The minimum absolute atomic E-state index is 0.502. The molecule has 5 heteroatoms. The van der Waals surface area contributed by atoms with Crippen molar-refractivity contribution in [3.05, 3.63) is 34.7 Å². The van der Waals surface area contributed by atoms with E-state index in [4.69, 9.17) is 16.0 Å². The Kier molecular flexibility index (Phi) is 5.15. The second-order valence-corrected chi connectivity index (χ2v) is 5.53. The standard InChI is InChI=1S/C15H20ClN3O/c1-10(2)17-9-5-8-14-18-19-15(20-14)12-6-4-7-13(16)11(12)3/h4,6-7,10,17H,5,8-9H2,1-3H3. The normalized spacial score (nSPS) is 11.2. The highest BCUT2D eigenvalue weighted by atomic mass is 35.5. The van der Waals surface area contributed by atoms with Gasteiger partial charge in [0.05, 0.1) is 0 Å². The van der Waals surface area contributed by atoms with Crippen molar-refractivity contribution < 1.29 is 4.42 Å². The molecule has 0 spiro atoms. The first kappa shape index (κ1) is 15.0. The highest BCUT2D eigenvalue weighted by Gasteiger charge is 2.12. The van der Waals surface area contributed by atoms with Crippen molar-refractivity contribution in [3.63, 3.8) is 0 Å². The van der Waals surface area contributed by atoms with Crippen LogP contribution < -0.4 is 5.32 Å². The van der Waals surface area contributed by atoms with E-state index < -0.39 is 0 Å². The summed E-state index contributed by atoms with van der Waals surface area (Å²) in [5.41, 5.74) is 1.86. The van der Waals surface area contributed by atoms with Gasteiger partial charge in [-0.05, 0) is 37.6 Å². The van der Waals surface area contributed by atoms with E-state index in [1.165, 1.54) is 0 Å². The number of benzene rings is 1. The number of halogens is 1. The largest absolute Gasteiger partial charge is 0.421 e. The van der Waals surface area contributed by atoms with Crippen molar-refractivity contribution in [2.45, 2.75) is 39.7 Å². The molecule has 0 aliphatic carbocycles. The first-order chi connectivity index (χ1) is 9.58. The van der Waals surface area contributed by atoms with Crippen LogP contribution in [0, 0.1) is 6.92 Å². The Morgan fingerprint density at radius 2 is 2.10 bits per heavy atom. The molecule has 0 saturated carbocycles. The third kappa shape index (κ3) is 3.81. The van der Waals surface area contributed by atoms with Crippen molar-refractivity contribution >= 4 is 11.6 Å². The summed E-state index contributed by atoms with van der Waals surface area (Å²) in [5.74, 6) is 1.21. The molecule has 0 amide bonds. The number of nitrogens with one attached hydrogen (secondary N) is 1. The van der Waals surface area contributed by atoms with Crippen LogP contribution in [0.25, 0.3) is 11.5 Å². The first-order valence-corrected chi connectivity index (χ1v) is 7.27. The molecule has 1 aromatic heterocycles. The molecule has 20 heavy (non-hydrogen) atoms. The molecule has 0 atom stereocenters. The fourth-order valence-corrected chi connectivity index (χ4v) is 2.11. The average Bonchev–Trinajstić information content (AvgIpc) is 2.86. The summed E-state index contributed by atoms with van der Waals surface area (Å²) in [5, 5.41) is 12.3. The number of nitrogens with zero attached hydrogens (tertiary/aromatic N) is 2. The van der Waals surface area contributed by atoms with Gasteiger partial charge in [-0.3, -0.25) is 0 Å². The maximum Gasteiger partial charge on any atom is 0.248 e. The van der Waals surface area contributed by atoms with Gasteiger partial charge in [0.1, 0.15) is 0 Å². The maximum absolute atomic E-state index is 6.10. The molecule has 2 rings (SSSR count). The van der Waals surface area contributed by atoms with Crippen LogP contribution in [-0.4, -0.2) is 22.8 Å². The van der Waals surface area contributed by atoms with Crippen LogP contribution in [0.5, 0.6) is 0 Å². The Morgan fingerprint density at radius 1 is 1.30 bits per heavy atom. The summed E-state index contributed by atoms with van der Waals surface area (Å²) in [6.07, 6.45) is 1.76. The molecule has 108 valence electrons. The van der Waals surface area contributed by atoms with Gasteiger partial charge >= 0.3 is 0 Å². The zero-order valence-corrected chi connectivity index (χ0v) is 12.9. The van der Waals surface area contributed by atoms with Crippen LogP contribution in [0.3, 0.4) is 0 Å². The second kappa shape index (κ2) is 6.86. The fraction of sp³-hybridized carbons (Fsp3) is 0.467. The summed E-state index contributed by atoms with van der Waals surface area (Å²) in [4.78, 5) is 0. The SMILES string of the molecule is Cc1c(Cl)cccc1-c1nnc(CCCNC(C)C)o1. The van der Waals surface area contributed by atoms with Gasteiger partial charge in [0.25, 0.3) is 0 Å². The molecule has 0 bridgehead atoms. The van der Waals surface area contributed by atoms with Gasteiger partial charge in [0.15, 0.2) is 0 Å². The van der Waals surface area contributed by atoms with Crippen LogP contribution in [0.1, 0.15) is 31.7 Å². The van der Waals surface area contributed by atoms with Crippen LogP contribution in [0.15, 0.2) is 22.6 Å². The molecule has 0 fully saturated rings. The smallest absolute Gasteiger partial charge is 0.248 e. The Balaban J connectivity index is 2.00. The molecule has 1 N–H and O–H groups in total. The molecule has 0 radical (unpaired) electrons. The van der Waals surface area contributed by atoms with Crippen molar-refractivity contribution in [2.75, 3.05) is 6.54 Å². The van der Waals surface area contributed by atoms with Crippen LogP contribution in [0.2, 0.25) is 5.02 Å². The minimum atomic E-state index is 0.502. The van der Waals surface area contributed by atoms with E-state index in [0.717, 1.165) is 30.5 Å². The number of hydrogen-bond acceptors (Lipinski definition) is 4. The van der Waals surface area contributed by atoms with E-state index in [-0.39, 0.29) is 0 Å². The van der Waals surface area contributed by atoms with Crippen molar-refractivity contribution in [1.82, 2.24) is 15.5 Å². The summed E-state index contributed by atoms with van der Waals surface area (Å²) in [7, 11) is 0. The maximum atomic E-state index is 6.10. The van der Waals surface area contributed by atoms with Crippen molar-refractivity contribution in [1.29, 1.82) is 0 Å². The highest BCUT2D eigenvalue weighted by Crippen LogP contribution is 2.27. The second-order valence-electron chi connectivity index (χ2n) is 5.13. The zero-order chi connectivity index (χ0) is 14.5. The van der Waals surface area contributed by atoms with E-state index in [2.05, 4.69) is 29.4 Å². The lowest BCUT2D eigenvalue weighted by Gasteiger charge is -2.05. The van der Waals surface area contributed by atoms with Crippen molar-refractivity contribution in [3.8, 4) is 11.5 Å². The molecule has 0 unspecified atom stereocenters. The van der Waals surface area contributed by atoms with Gasteiger partial charge in [-0.25, -0.2) is 0 Å². The predicted molar refractivity (Wildman–Crippen MR) is 80.9 cm³/mol. The van der Waals surface area contributed by atoms with E-state index in [1.807, 2.05) is 25.1 Å². The van der Waals surface area contributed by atoms with E-state index in [0.29, 0.717) is 22.8 Å². The van der Waals surface area contributed by atoms with Crippen molar-refractivity contribution in [2.24, 2.45) is 0 Å². The lowest BCUT2D eigenvalue weighted by atomic mass is 10.1. The lowest BCUT2D eigenvalue weighted by Crippen LogP contribution is -2.23. The van der Waals surface area contributed by atoms with Gasteiger partial charge in [0, 0.05) is 23.0 Å². The van der Waals surface area contributed by atoms with Gasteiger partial charge < -0.3 is 9.73 Å². The number of aryl methyl sites for hydroxylation is 1. The summed E-state index contributed by atoms with van der Waals surface area (Å²) >= 11 is 6.10. The van der Waals surface area contributed by atoms with Gasteiger partial charge in [-0.1, -0.05) is 31.5 Å². The predicted octanol–water partition coefficient (Wildman–Crippen LogP) is 3.63. The first-order valence-electron chi connectivity index (χ1n) is 6.89. The summed E-state index contributed by atoms with van der Waals surface area (Å²) in [6.45, 7) is 7.17. The fourth-order valence-electron chi connectivity index (χ4n) is 1.93. The monoisotopic (exact) mass is 293 g/mol.